The third-order valence-electron chi connectivity index (χ3n) is 19.6. The predicted octanol–water partition coefficient (Wildman–Crippen LogP) is 12.5. The monoisotopic (exact) mass is 1380 g/mol. The molecule has 0 spiro atoms. The van der Waals surface area contributed by atoms with E-state index < -0.39 is 124 Å². The van der Waals surface area contributed by atoms with E-state index in [-0.39, 0.29) is 18.9 Å². The number of rotatable bonds is 62. The van der Waals surface area contributed by atoms with Crippen LogP contribution >= 0.6 is 0 Å². The van der Waals surface area contributed by atoms with Gasteiger partial charge in [-0.3, -0.25) is 4.79 Å². The van der Waals surface area contributed by atoms with Crippen LogP contribution in [0.25, 0.3) is 0 Å². The largest absolute Gasteiger partial charge is 0.394 e. The first-order valence-corrected chi connectivity index (χ1v) is 39.4. The van der Waals surface area contributed by atoms with Gasteiger partial charge in [0.25, 0.3) is 0 Å². The van der Waals surface area contributed by atoms with Gasteiger partial charge in [-0.25, -0.2) is 0 Å². The molecule has 3 heterocycles. The molecule has 0 aromatic heterocycles. The van der Waals surface area contributed by atoms with Gasteiger partial charge in [0.1, 0.15) is 73.2 Å². The molecule has 0 radical (unpaired) electrons. The minimum Gasteiger partial charge on any atom is -0.394 e. The summed E-state index contributed by atoms with van der Waals surface area (Å²) in [7, 11) is 0. The molecule has 3 fully saturated rings. The van der Waals surface area contributed by atoms with E-state index in [9.17, 15) is 61.0 Å². The predicted molar refractivity (Wildman–Crippen MR) is 383 cm³/mol. The average molecular weight is 1380 g/mol. The van der Waals surface area contributed by atoms with Crippen LogP contribution < -0.4 is 5.32 Å². The Kier molecular flexibility index (Phi) is 54.3. The van der Waals surface area contributed by atoms with Crippen LogP contribution in [0, 0.1) is 0 Å². The number of carbonyl (C=O) groups excluding carboxylic acids is 1. The molecule has 0 aromatic carbocycles. The second kappa shape index (κ2) is 59.2. The van der Waals surface area contributed by atoms with Crippen molar-refractivity contribution in [3.05, 3.63) is 48.6 Å². The zero-order valence-electron chi connectivity index (χ0n) is 60.6. The first kappa shape index (κ1) is 89.0. The van der Waals surface area contributed by atoms with Gasteiger partial charge in [0, 0.05) is 6.42 Å². The molecule has 0 saturated carbocycles. The summed E-state index contributed by atoms with van der Waals surface area (Å²) in [6.45, 7) is 1.76. The fourth-order valence-corrected chi connectivity index (χ4v) is 13.3. The number of aliphatic hydroxyl groups excluding tert-OH is 11. The molecule has 568 valence electrons. The smallest absolute Gasteiger partial charge is 0.220 e. The van der Waals surface area contributed by atoms with E-state index in [2.05, 4.69) is 55.6 Å². The molecule has 0 aromatic rings. The summed E-state index contributed by atoms with van der Waals surface area (Å²) < 4.78 is 34.4. The third-order valence-corrected chi connectivity index (χ3v) is 19.6. The molecule has 3 saturated heterocycles. The minimum absolute atomic E-state index is 0.235. The maximum absolute atomic E-state index is 13.5. The van der Waals surface area contributed by atoms with Crippen molar-refractivity contribution in [3.8, 4) is 0 Å². The molecular weight excluding hydrogens is 1240 g/mol. The van der Waals surface area contributed by atoms with Gasteiger partial charge in [0.2, 0.25) is 5.91 Å². The Labute approximate surface area is 586 Å². The topological polar surface area (TPSA) is 307 Å². The van der Waals surface area contributed by atoms with Gasteiger partial charge in [-0.2, -0.15) is 0 Å². The second-order valence-electron chi connectivity index (χ2n) is 28.2. The number of amides is 1. The van der Waals surface area contributed by atoms with E-state index in [0.29, 0.717) is 6.42 Å². The number of carbonyl (C=O) groups is 1. The van der Waals surface area contributed by atoms with Gasteiger partial charge >= 0.3 is 0 Å². The normalized spacial score (nSPS) is 27.1. The quantitative estimate of drug-likeness (QED) is 0.0199. The Bertz CT molecular complexity index is 1940. The average Bonchev–Trinajstić information content (AvgIpc) is 0.826. The fraction of sp³-hybridized carbons (Fsp3) is 0.885. The molecule has 0 bridgehead atoms. The maximum Gasteiger partial charge on any atom is 0.220 e. The summed E-state index contributed by atoms with van der Waals surface area (Å²) in [5.74, 6) is -0.280. The van der Waals surface area contributed by atoms with E-state index >= 15 is 0 Å². The maximum atomic E-state index is 13.5. The van der Waals surface area contributed by atoms with Crippen molar-refractivity contribution in [2.45, 2.75) is 413 Å². The van der Waals surface area contributed by atoms with Crippen molar-refractivity contribution in [1.82, 2.24) is 5.32 Å². The first-order chi connectivity index (χ1) is 47.3. The van der Waals surface area contributed by atoms with Crippen LogP contribution in [0.1, 0.15) is 309 Å². The number of unbranched alkanes of at least 4 members (excludes halogenated alkanes) is 40. The Hall–Kier alpha value is -2.25. The van der Waals surface area contributed by atoms with Crippen LogP contribution in [0.2, 0.25) is 0 Å². The van der Waals surface area contributed by atoms with E-state index in [1.165, 1.54) is 212 Å². The molecule has 12 N–H and O–H groups in total. The minimum atomic E-state index is -1.98. The van der Waals surface area contributed by atoms with Crippen LogP contribution in [0.5, 0.6) is 0 Å². The van der Waals surface area contributed by atoms with Crippen LogP contribution in [-0.4, -0.2) is 193 Å². The second-order valence-corrected chi connectivity index (χ2v) is 28.2. The molecule has 1 amide bonds. The molecule has 19 nitrogen and oxygen atoms in total. The zero-order valence-corrected chi connectivity index (χ0v) is 60.6. The van der Waals surface area contributed by atoms with Crippen molar-refractivity contribution in [2.24, 2.45) is 0 Å². The van der Waals surface area contributed by atoms with Gasteiger partial charge in [-0.15, -0.1) is 0 Å². The molecule has 0 aliphatic carbocycles. The molecule has 19 heteroatoms. The number of aliphatic hydroxyl groups is 11. The molecule has 3 aliphatic heterocycles. The first-order valence-electron chi connectivity index (χ1n) is 39.4. The molecule has 97 heavy (non-hydrogen) atoms. The summed E-state index contributed by atoms with van der Waals surface area (Å²) in [6, 6.07) is -0.980. The lowest BCUT2D eigenvalue weighted by atomic mass is 9.96. The Morgan fingerprint density at radius 1 is 0.371 bits per heavy atom. The summed E-state index contributed by atoms with van der Waals surface area (Å²) in [5, 5.41) is 121. The van der Waals surface area contributed by atoms with E-state index in [1.54, 1.807) is 6.08 Å². The van der Waals surface area contributed by atoms with Crippen LogP contribution in [-0.2, 0) is 33.2 Å². The van der Waals surface area contributed by atoms with Gasteiger partial charge < -0.3 is 89.9 Å². The molecule has 17 atom stereocenters. The highest BCUT2D eigenvalue weighted by Gasteiger charge is 2.53. The van der Waals surface area contributed by atoms with Crippen molar-refractivity contribution >= 4 is 5.91 Å². The standard InChI is InChI=1S/C78H143NO18/c1-3-5-7-9-11-13-15-17-19-21-23-25-27-28-29-30-31-32-34-35-37-39-41-43-45-47-49-51-53-55-62(83)61(79-66(84)56-54-52-50-48-46-44-42-40-38-36-33-26-24-22-20-18-16-14-12-10-8-6-4-2)60-92-76-72(90)69(87)74(64(58-81)94-76)97-78-73(91)70(88)75(65(59-82)95-78)96-77-71(89)68(86)67(85)63(57-80)93-77/h16,18,22,24,33,36,53,55,61-65,67-78,80-83,85-91H,3-15,17,19-21,23,25-32,34-35,37-52,54,56-60H2,1-2H3,(H,79,84)/b18-16-,24-22-,36-33-,55-53+. The number of hydrogen-bond acceptors (Lipinski definition) is 18. The number of allylic oxidation sites excluding steroid dienone is 7. The van der Waals surface area contributed by atoms with Gasteiger partial charge in [0.05, 0.1) is 38.6 Å². The highest BCUT2D eigenvalue weighted by Crippen LogP contribution is 2.33. The molecular formula is C78H143NO18. The number of hydrogen-bond donors (Lipinski definition) is 12. The Morgan fingerprint density at radius 2 is 0.680 bits per heavy atom. The summed E-state index contributed by atoms with van der Waals surface area (Å²) >= 11 is 0. The number of ether oxygens (including phenoxy) is 6. The van der Waals surface area contributed by atoms with Gasteiger partial charge in [-0.05, 0) is 57.8 Å². The van der Waals surface area contributed by atoms with Crippen molar-refractivity contribution in [3.63, 3.8) is 0 Å². The molecule has 3 aliphatic rings. The van der Waals surface area contributed by atoms with Crippen molar-refractivity contribution in [1.29, 1.82) is 0 Å². The Morgan fingerprint density at radius 3 is 1.06 bits per heavy atom. The lowest BCUT2D eigenvalue weighted by molar-refractivity contribution is -0.379. The highest BCUT2D eigenvalue weighted by atomic mass is 16.8. The lowest BCUT2D eigenvalue weighted by Crippen LogP contribution is -2.66. The van der Waals surface area contributed by atoms with E-state index in [1.807, 2.05) is 6.08 Å². The molecule has 3 rings (SSSR count). The SMILES string of the molecule is CCCCCCC/C=C\C/C=C\C/C=C\CCCCCCCCCCC(=O)NC(COC1OC(CO)C(OC2OC(CO)C(OC3OC(CO)C(O)C(O)C3O)C(O)C2O)C(O)C1O)C(O)/C=C/CCCCCCCCCCCCCCCCCCCCCCCCCCCCC. The van der Waals surface area contributed by atoms with Gasteiger partial charge in [0.15, 0.2) is 18.9 Å². The van der Waals surface area contributed by atoms with Crippen LogP contribution in [0.4, 0.5) is 0 Å². The van der Waals surface area contributed by atoms with E-state index in [0.717, 1.165) is 70.6 Å². The van der Waals surface area contributed by atoms with Crippen LogP contribution in [0.15, 0.2) is 48.6 Å². The van der Waals surface area contributed by atoms with Crippen molar-refractivity contribution in [2.75, 3.05) is 26.4 Å². The van der Waals surface area contributed by atoms with Gasteiger partial charge in [-0.1, -0.05) is 294 Å². The highest BCUT2D eigenvalue weighted by molar-refractivity contribution is 5.76. The molecule has 17 unspecified atom stereocenters. The fourth-order valence-electron chi connectivity index (χ4n) is 13.3. The zero-order chi connectivity index (χ0) is 70.4. The van der Waals surface area contributed by atoms with E-state index in [4.69, 9.17) is 28.4 Å². The summed E-state index contributed by atoms with van der Waals surface area (Å²) in [6.07, 6.45) is 46.6. The Balaban J connectivity index is 1.40. The van der Waals surface area contributed by atoms with Crippen LogP contribution in [0.3, 0.4) is 0 Å². The summed E-state index contributed by atoms with van der Waals surface area (Å²) in [5.41, 5.74) is 0. The third kappa shape index (κ3) is 39.8. The van der Waals surface area contributed by atoms with Crippen molar-refractivity contribution < 1.29 is 89.4 Å². The number of nitrogens with one attached hydrogen (secondary N) is 1. The lowest BCUT2D eigenvalue weighted by Gasteiger charge is -2.48. The summed E-state index contributed by atoms with van der Waals surface area (Å²) in [4.78, 5) is 13.5.